The van der Waals surface area contributed by atoms with Crippen molar-refractivity contribution < 1.29 is 0 Å². The summed E-state index contributed by atoms with van der Waals surface area (Å²) in [6.07, 6.45) is 5.48. The van der Waals surface area contributed by atoms with Gasteiger partial charge in [-0.3, -0.25) is 0 Å². The molecule has 0 saturated heterocycles. The Morgan fingerprint density at radius 2 is 1.42 bits per heavy atom. The van der Waals surface area contributed by atoms with Gasteiger partial charge in [-0.15, -0.1) is 0 Å². The monoisotopic (exact) mass is 172 g/mol. The van der Waals surface area contributed by atoms with Gasteiger partial charge in [0.05, 0.1) is 0 Å². The van der Waals surface area contributed by atoms with Crippen molar-refractivity contribution in [3.8, 4) is 0 Å². The lowest BCUT2D eigenvalue weighted by Gasteiger charge is -2.20. The van der Waals surface area contributed by atoms with E-state index in [2.05, 4.69) is 27.7 Å². The normalized spacial score (nSPS) is 14.5. The average Bonchev–Trinajstić information content (AvgIpc) is 2.16. The first-order valence-corrected chi connectivity index (χ1v) is 5.76. The number of hydrogen-bond acceptors (Lipinski definition) is 0. The number of hydrogen-bond donors (Lipinski definition) is 0. The average molecular weight is 172 g/mol. The van der Waals surface area contributed by atoms with E-state index in [0.29, 0.717) is 0 Å². The van der Waals surface area contributed by atoms with Gasteiger partial charge in [0.25, 0.3) is 0 Å². The highest BCUT2D eigenvalue weighted by atomic mass is 14.2. The molecular formula is C12H28. The van der Waals surface area contributed by atoms with Crippen LogP contribution in [-0.2, 0) is 0 Å². The van der Waals surface area contributed by atoms with Crippen LogP contribution in [-0.4, -0.2) is 0 Å². The highest BCUT2D eigenvalue weighted by Gasteiger charge is 2.11. The zero-order valence-corrected chi connectivity index (χ0v) is 9.98. The van der Waals surface area contributed by atoms with E-state index in [4.69, 9.17) is 0 Å². The third-order valence-electron chi connectivity index (χ3n) is 2.63. The molecule has 0 N–H and O–H groups in total. The van der Waals surface area contributed by atoms with Crippen LogP contribution in [0.3, 0.4) is 0 Å². The van der Waals surface area contributed by atoms with Gasteiger partial charge >= 0.3 is 0 Å². The second-order valence-electron chi connectivity index (χ2n) is 3.34. The summed E-state index contributed by atoms with van der Waals surface area (Å²) >= 11 is 0. The van der Waals surface area contributed by atoms with Gasteiger partial charge in [-0.05, 0) is 11.8 Å². The van der Waals surface area contributed by atoms with Crippen molar-refractivity contribution in [2.45, 2.75) is 67.2 Å². The van der Waals surface area contributed by atoms with Crippen molar-refractivity contribution >= 4 is 0 Å². The maximum absolute atomic E-state index is 2.38. The molecule has 0 rings (SSSR count). The Labute approximate surface area is 79.8 Å². The van der Waals surface area contributed by atoms with Gasteiger partial charge in [-0.2, -0.15) is 0 Å². The summed E-state index contributed by atoms with van der Waals surface area (Å²) in [5, 5.41) is 0. The molecule has 0 amide bonds. The molecular weight excluding hydrogens is 144 g/mol. The lowest BCUT2D eigenvalue weighted by Crippen LogP contribution is -2.09. The van der Waals surface area contributed by atoms with Gasteiger partial charge in [-0.1, -0.05) is 67.2 Å². The predicted octanol–water partition coefficient (Wildman–Crippen LogP) is 4.89. The van der Waals surface area contributed by atoms with Crippen LogP contribution < -0.4 is 0 Å². The molecule has 0 aliphatic carbocycles. The van der Waals surface area contributed by atoms with E-state index in [1.807, 2.05) is 13.8 Å². The molecule has 76 valence electrons. The van der Waals surface area contributed by atoms with E-state index in [9.17, 15) is 0 Å². The molecule has 0 radical (unpaired) electrons. The highest BCUT2D eigenvalue weighted by Crippen LogP contribution is 2.22. The molecule has 2 unspecified atom stereocenters. The maximum Gasteiger partial charge on any atom is -0.0391 e. The van der Waals surface area contributed by atoms with Crippen LogP contribution in [0.1, 0.15) is 67.2 Å². The topological polar surface area (TPSA) is 0 Å². The molecule has 0 aromatic heterocycles. The van der Waals surface area contributed by atoms with Gasteiger partial charge in [0.15, 0.2) is 0 Å². The number of rotatable bonds is 5. The minimum absolute atomic E-state index is 0.935. The van der Waals surface area contributed by atoms with Crippen molar-refractivity contribution in [1.82, 2.24) is 0 Å². The predicted molar refractivity (Wildman–Crippen MR) is 59.5 cm³/mol. The zero-order chi connectivity index (χ0) is 9.98. The first-order valence-electron chi connectivity index (χ1n) is 5.76. The maximum atomic E-state index is 2.38. The molecule has 0 aromatic rings. The summed E-state index contributed by atoms with van der Waals surface area (Å²) in [5.41, 5.74) is 0. The van der Waals surface area contributed by atoms with Gasteiger partial charge in [0.2, 0.25) is 0 Å². The summed E-state index contributed by atoms with van der Waals surface area (Å²) in [6.45, 7) is 13.3. The van der Waals surface area contributed by atoms with E-state index in [1.165, 1.54) is 25.7 Å². The summed E-state index contributed by atoms with van der Waals surface area (Å²) in [7, 11) is 0. The molecule has 12 heavy (non-hydrogen) atoms. The Hall–Kier alpha value is 0. The summed E-state index contributed by atoms with van der Waals surface area (Å²) in [5.74, 6) is 1.92. The third-order valence-corrected chi connectivity index (χ3v) is 2.63. The fraction of sp³-hybridized carbons (Fsp3) is 1.00. The lowest BCUT2D eigenvalue weighted by atomic mass is 9.86. The fourth-order valence-electron chi connectivity index (χ4n) is 1.60. The summed E-state index contributed by atoms with van der Waals surface area (Å²) in [4.78, 5) is 0. The summed E-state index contributed by atoms with van der Waals surface area (Å²) in [6, 6.07) is 0. The lowest BCUT2D eigenvalue weighted by molar-refractivity contribution is 0.315. The molecule has 0 aromatic carbocycles. The molecule has 0 heteroatoms. The minimum Gasteiger partial charge on any atom is -0.0683 e. The SMILES string of the molecule is CC.CCCC(CC)C(C)CC. The van der Waals surface area contributed by atoms with E-state index < -0.39 is 0 Å². The van der Waals surface area contributed by atoms with Crippen LogP contribution in [0.5, 0.6) is 0 Å². The quantitative estimate of drug-likeness (QED) is 0.554. The Morgan fingerprint density at radius 3 is 1.67 bits per heavy atom. The summed E-state index contributed by atoms with van der Waals surface area (Å²) < 4.78 is 0. The van der Waals surface area contributed by atoms with Crippen molar-refractivity contribution in [2.75, 3.05) is 0 Å². The first kappa shape index (κ1) is 14.5. The van der Waals surface area contributed by atoms with E-state index in [-0.39, 0.29) is 0 Å². The van der Waals surface area contributed by atoms with Crippen LogP contribution in [0, 0.1) is 11.8 Å². The second kappa shape index (κ2) is 11.0. The van der Waals surface area contributed by atoms with Crippen LogP contribution in [0.4, 0.5) is 0 Å². The smallest absolute Gasteiger partial charge is 0.0391 e. The van der Waals surface area contributed by atoms with Crippen LogP contribution in [0.25, 0.3) is 0 Å². The second-order valence-corrected chi connectivity index (χ2v) is 3.34. The van der Waals surface area contributed by atoms with Crippen molar-refractivity contribution in [2.24, 2.45) is 11.8 Å². The van der Waals surface area contributed by atoms with E-state index in [1.54, 1.807) is 0 Å². The Balaban J connectivity index is 0. The molecule has 2 atom stereocenters. The first-order chi connectivity index (χ1) is 5.76. The molecule has 0 nitrogen and oxygen atoms in total. The fourth-order valence-corrected chi connectivity index (χ4v) is 1.60. The van der Waals surface area contributed by atoms with Crippen molar-refractivity contribution in [3.05, 3.63) is 0 Å². The van der Waals surface area contributed by atoms with Crippen molar-refractivity contribution in [1.29, 1.82) is 0 Å². The van der Waals surface area contributed by atoms with Gasteiger partial charge in [0.1, 0.15) is 0 Å². The largest absolute Gasteiger partial charge is 0.0683 e. The van der Waals surface area contributed by atoms with Gasteiger partial charge < -0.3 is 0 Å². The Kier molecular flexibility index (Phi) is 13.3. The molecule has 0 fully saturated rings. The zero-order valence-electron chi connectivity index (χ0n) is 9.98. The van der Waals surface area contributed by atoms with Crippen LogP contribution >= 0.6 is 0 Å². The Bertz CT molecular complexity index is 66.4. The van der Waals surface area contributed by atoms with Crippen LogP contribution in [0.15, 0.2) is 0 Å². The standard InChI is InChI=1S/C10H22.C2H6/c1-5-8-10(7-3)9(4)6-2;1-2/h9-10H,5-8H2,1-4H3;1-2H3. The van der Waals surface area contributed by atoms with Crippen molar-refractivity contribution in [3.63, 3.8) is 0 Å². The molecule has 0 aliphatic heterocycles. The van der Waals surface area contributed by atoms with Gasteiger partial charge in [-0.25, -0.2) is 0 Å². The molecule has 0 saturated carbocycles. The van der Waals surface area contributed by atoms with E-state index in [0.717, 1.165) is 11.8 Å². The molecule has 0 aliphatic rings. The van der Waals surface area contributed by atoms with Gasteiger partial charge in [0, 0.05) is 0 Å². The molecule has 0 spiro atoms. The Morgan fingerprint density at radius 1 is 0.917 bits per heavy atom. The third kappa shape index (κ3) is 6.69. The highest BCUT2D eigenvalue weighted by molar-refractivity contribution is 4.62. The minimum atomic E-state index is 0.935. The molecule has 0 heterocycles. The van der Waals surface area contributed by atoms with E-state index >= 15 is 0 Å². The molecule has 0 bridgehead atoms. The van der Waals surface area contributed by atoms with Crippen LogP contribution in [0.2, 0.25) is 0 Å².